The fourth-order valence-corrected chi connectivity index (χ4v) is 3.31. The summed E-state index contributed by atoms with van der Waals surface area (Å²) in [4.78, 5) is 20.9. The molecule has 0 bridgehead atoms. The van der Waals surface area contributed by atoms with Gasteiger partial charge >= 0.3 is 5.97 Å². The van der Waals surface area contributed by atoms with Crippen LogP contribution in [0.4, 0.5) is 5.00 Å². The van der Waals surface area contributed by atoms with E-state index >= 15 is 0 Å². The summed E-state index contributed by atoms with van der Waals surface area (Å²) < 4.78 is 5.32. The van der Waals surface area contributed by atoms with Crippen molar-refractivity contribution in [2.75, 3.05) is 44.2 Å². The number of anilines is 1. The smallest absolute Gasteiger partial charge is 0.328 e. The number of carbonyl (C=O) groups excluding carboxylic acids is 1. The van der Waals surface area contributed by atoms with E-state index in [9.17, 15) is 4.79 Å². The Morgan fingerprint density at radius 3 is 2.58 bits per heavy atom. The van der Waals surface area contributed by atoms with Crippen LogP contribution in [0, 0.1) is 0 Å². The summed E-state index contributed by atoms with van der Waals surface area (Å²) in [5.41, 5.74) is -0.475. The summed E-state index contributed by atoms with van der Waals surface area (Å²) in [6, 6.07) is 4.24. The molecule has 0 amide bonds. The number of guanidine groups is 1. The molecule has 0 spiro atoms. The zero-order valence-electron chi connectivity index (χ0n) is 15.0. The summed E-state index contributed by atoms with van der Waals surface area (Å²) in [6.45, 7) is 12.1. The van der Waals surface area contributed by atoms with E-state index in [4.69, 9.17) is 4.74 Å². The Bertz CT molecular complexity index is 543. The minimum absolute atomic E-state index is 0.0464. The summed E-state index contributed by atoms with van der Waals surface area (Å²) in [5.74, 6) is 0.490. The van der Waals surface area contributed by atoms with Gasteiger partial charge in [0.2, 0.25) is 0 Å². The molecule has 0 atom stereocenters. The van der Waals surface area contributed by atoms with E-state index in [-0.39, 0.29) is 12.5 Å². The highest BCUT2D eigenvalue weighted by atomic mass is 32.1. The zero-order chi connectivity index (χ0) is 17.6. The normalized spacial score (nSPS) is 16.2. The average Bonchev–Trinajstić information content (AvgIpc) is 3.04. The van der Waals surface area contributed by atoms with E-state index in [1.807, 2.05) is 27.7 Å². The fraction of sp³-hybridized carbons (Fsp3) is 0.647. The zero-order valence-corrected chi connectivity index (χ0v) is 15.9. The number of piperazine rings is 1. The third-order valence-corrected chi connectivity index (χ3v) is 4.44. The van der Waals surface area contributed by atoms with Crippen molar-refractivity contribution in [1.82, 2.24) is 10.2 Å². The molecule has 0 saturated carbocycles. The highest BCUT2D eigenvalue weighted by molar-refractivity contribution is 7.14. The Balaban J connectivity index is 1.91. The topological polar surface area (TPSA) is 57.2 Å². The number of carbonyl (C=O) groups is 1. The van der Waals surface area contributed by atoms with Gasteiger partial charge in [-0.2, -0.15) is 0 Å². The van der Waals surface area contributed by atoms with E-state index in [1.54, 1.807) is 11.3 Å². The van der Waals surface area contributed by atoms with Crippen LogP contribution in [0.2, 0.25) is 0 Å². The molecule has 1 saturated heterocycles. The molecular formula is C17H28N4O2S. The van der Waals surface area contributed by atoms with Crippen molar-refractivity contribution in [2.45, 2.75) is 33.3 Å². The monoisotopic (exact) mass is 352 g/mol. The van der Waals surface area contributed by atoms with Gasteiger partial charge in [0, 0.05) is 32.7 Å². The number of hydrogen-bond donors (Lipinski definition) is 1. The first-order valence-electron chi connectivity index (χ1n) is 8.42. The van der Waals surface area contributed by atoms with E-state index in [1.165, 1.54) is 5.00 Å². The van der Waals surface area contributed by atoms with Crippen LogP contribution in [0.5, 0.6) is 0 Å². The van der Waals surface area contributed by atoms with Crippen LogP contribution in [0.3, 0.4) is 0 Å². The molecule has 134 valence electrons. The first kappa shape index (κ1) is 18.6. The number of nitrogens with zero attached hydrogens (tertiary/aromatic N) is 3. The van der Waals surface area contributed by atoms with Crippen LogP contribution in [0.1, 0.15) is 27.7 Å². The molecule has 1 aliphatic heterocycles. The van der Waals surface area contributed by atoms with Crippen LogP contribution in [-0.2, 0) is 9.53 Å². The van der Waals surface area contributed by atoms with Crippen LogP contribution in [0.15, 0.2) is 22.5 Å². The molecule has 1 aromatic heterocycles. The van der Waals surface area contributed by atoms with Gasteiger partial charge in [-0.1, -0.05) is 0 Å². The van der Waals surface area contributed by atoms with Crippen molar-refractivity contribution in [2.24, 2.45) is 4.99 Å². The van der Waals surface area contributed by atoms with Crippen LogP contribution in [0.25, 0.3) is 0 Å². The van der Waals surface area contributed by atoms with Crippen LogP contribution in [-0.4, -0.2) is 61.7 Å². The minimum atomic E-state index is -0.475. The number of hydrogen-bond acceptors (Lipinski definition) is 5. The largest absolute Gasteiger partial charge is 0.459 e. The molecule has 1 aliphatic rings. The molecule has 24 heavy (non-hydrogen) atoms. The number of thiophene rings is 1. The highest BCUT2D eigenvalue weighted by Gasteiger charge is 2.21. The Morgan fingerprint density at radius 1 is 1.33 bits per heavy atom. The predicted octanol–water partition coefficient (Wildman–Crippen LogP) is 2.18. The second kappa shape index (κ2) is 8.37. The second-order valence-electron chi connectivity index (χ2n) is 6.68. The van der Waals surface area contributed by atoms with Crippen molar-refractivity contribution >= 4 is 28.3 Å². The molecule has 2 heterocycles. The summed E-state index contributed by atoms with van der Waals surface area (Å²) in [5, 5.41) is 6.69. The standard InChI is InChI=1S/C17H28N4O2S/c1-5-18-16(19-13-15(22)23-17(2,3)4)21-10-8-20(9-11-21)14-7-6-12-24-14/h6-7,12H,5,8-11,13H2,1-4H3,(H,18,19). The van der Waals surface area contributed by atoms with Gasteiger partial charge in [0.25, 0.3) is 0 Å². The molecule has 0 radical (unpaired) electrons. The van der Waals surface area contributed by atoms with Crippen molar-refractivity contribution in [3.63, 3.8) is 0 Å². The fourth-order valence-electron chi connectivity index (χ4n) is 2.53. The quantitative estimate of drug-likeness (QED) is 0.511. The van der Waals surface area contributed by atoms with Gasteiger partial charge in [-0.3, -0.25) is 4.79 Å². The van der Waals surface area contributed by atoms with Gasteiger partial charge in [-0.05, 0) is 45.2 Å². The number of nitrogens with one attached hydrogen (secondary N) is 1. The third-order valence-electron chi connectivity index (χ3n) is 3.51. The Hall–Kier alpha value is -1.76. The molecule has 0 aliphatic carbocycles. The van der Waals surface area contributed by atoms with E-state index in [0.717, 1.165) is 38.7 Å². The number of ether oxygens (including phenoxy) is 1. The van der Waals surface area contributed by atoms with Gasteiger partial charge in [0.15, 0.2) is 5.96 Å². The summed E-state index contributed by atoms with van der Waals surface area (Å²) in [6.07, 6.45) is 0. The van der Waals surface area contributed by atoms with Gasteiger partial charge in [0.1, 0.15) is 12.1 Å². The lowest BCUT2D eigenvalue weighted by molar-refractivity contribution is -0.152. The number of aliphatic imine (C=N–C) groups is 1. The lowest BCUT2D eigenvalue weighted by Crippen LogP contribution is -2.52. The molecule has 1 aromatic rings. The first-order chi connectivity index (χ1) is 11.4. The van der Waals surface area contributed by atoms with Gasteiger partial charge < -0.3 is 19.9 Å². The van der Waals surface area contributed by atoms with Gasteiger partial charge in [-0.25, -0.2) is 4.99 Å². The maximum atomic E-state index is 11.9. The SMILES string of the molecule is CCNC(=NCC(=O)OC(C)(C)C)N1CCN(c2cccs2)CC1. The Morgan fingerprint density at radius 2 is 2.04 bits per heavy atom. The van der Waals surface area contributed by atoms with Crippen molar-refractivity contribution in [3.8, 4) is 0 Å². The molecule has 0 unspecified atom stereocenters. The maximum Gasteiger partial charge on any atom is 0.328 e. The van der Waals surface area contributed by atoms with Gasteiger partial charge in [0.05, 0.1) is 5.00 Å². The number of rotatable bonds is 4. The van der Waals surface area contributed by atoms with Crippen LogP contribution >= 0.6 is 11.3 Å². The second-order valence-corrected chi connectivity index (χ2v) is 7.61. The molecule has 1 N–H and O–H groups in total. The molecule has 2 rings (SSSR count). The minimum Gasteiger partial charge on any atom is -0.459 e. The van der Waals surface area contributed by atoms with E-state index in [0.29, 0.717) is 0 Å². The predicted molar refractivity (Wildman–Crippen MR) is 99.9 cm³/mol. The van der Waals surface area contributed by atoms with E-state index < -0.39 is 5.60 Å². The molecular weight excluding hydrogens is 324 g/mol. The Labute approximate surface area is 148 Å². The summed E-state index contributed by atoms with van der Waals surface area (Å²) in [7, 11) is 0. The summed E-state index contributed by atoms with van der Waals surface area (Å²) >= 11 is 1.77. The molecule has 6 nitrogen and oxygen atoms in total. The lowest BCUT2D eigenvalue weighted by Gasteiger charge is -2.37. The van der Waals surface area contributed by atoms with Crippen molar-refractivity contribution in [1.29, 1.82) is 0 Å². The van der Waals surface area contributed by atoms with E-state index in [2.05, 4.69) is 37.6 Å². The maximum absolute atomic E-state index is 11.9. The lowest BCUT2D eigenvalue weighted by atomic mass is 10.2. The van der Waals surface area contributed by atoms with Crippen molar-refractivity contribution < 1.29 is 9.53 Å². The van der Waals surface area contributed by atoms with Crippen molar-refractivity contribution in [3.05, 3.63) is 17.5 Å². The molecule has 1 fully saturated rings. The molecule has 0 aromatic carbocycles. The number of esters is 1. The third kappa shape index (κ3) is 5.70. The first-order valence-corrected chi connectivity index (χ1v) is 9.30. The molecule has 7 heteroatoms. The highest BCUT2D eigenvalue weighted by Crippen LogP contribution is 2.22. The Kier molecular flexibility index (Phi) is 6.48. The average molecular weight is 353 g/mol. The van der Waals surface area contributed by atoms with Crippen LogP contribution < -0.4 is 10.2 Å². The van der Waals surface area contributed by atoms with Gasteiger partial charge in [-0.15, -0.1) is 11.3 Å².